The molecule has 1 aliphatic rings. The second-order valence-corrected chi connectivity index (χ2v) is 9.71. The van der Waals surface area contributed by atoms with E-state index >= 15 is 0 Å². The number of nitrogens with zero attached hydrogens (tertiary/aromatic N) is 2. The number of likely N-dealkylation sites (N-methyl/N-ethyl adjacent to an activating group) is 1. The van der Waals surface area contributed by atoms with E-state index in [4.69, 9.17) is 0 Å². The zero-order valence-electron chi connectivity index (χ0n) is 15.5. The topological polar surface area (TPSA) is 57.7 Å². The number of hydrogen-bond acceptors (Lipinski definition) is 3. The van der Waals surface area contributed by atoms with Gasteiger partial charge in [0.2, 0.25) is 15.9 Å². The summed E-state index contributed by atoms with van der Waals surface area (Å²) in [6.07, 6.45) is 1.98. The normalized spacial score (nSPS) is 18.0. The Labute approximate surface area is 173 Å². The number of sulfonamides is 1. The third-order valence-electron chi connectivity index (χ3n) is 4.84. The molecular weight excluding hydrogens is 447 g/mol. The van der Waals surface area contributed by atoms with Crippen molar-refractivity contribution in [3.8, 4) is 0 Å². The molecular formula is C20H22BrFN2O3S. The highest BCUT2D eigenvalue weighted by molar-refractivity contribution is 9.10. The molecule has 28 heavy (non-hydrogen) atoms. The second-order valence-electron chi connectivity index (χ2n) is 6.91. The molecule has 1 fully saturated rings. The summed E-state index contributed by atoms with van der Waals surface area (Å²) in [6.45, 7) is 0.530. The quantitative estimate of drug-likeness (QED) is 0.670. The number of carbonyl (C=O) groups is 1. The smallest absolute Gasteiger partial charge is 0.243 e. The van der Waals surface area contributed by atoms with Crippen LogP contribution >= 0.6 is 15.9 Å². The van der Waals surface area contributed by atoms with E-state index in [-0.39, 0.29) is 23.2 Å². The molecule has 1 aliphatic heterocycles. The average molecular weight is 469 g/mol. The molecule has 2 aromatic carbocycles. The number of benzene rings is 2. The van der Waals surface area contributed by atoms with Crippen molar-refractivity contribution < 1.29 is 17.6 Å². The predicted molar refractivity (Wildman–Crippen MR) is 109 cm³/mol. The number of amides is 1. The van der Waals surface area contributed by atoms with E-state index in [1.54, 1.807) is 31.3 Å². The predicted octanol–water partition coefficient (Wildman–Crippen LogP) is 3.79. The zero-order valence-corrected chi connectivity index (χ0v) is 17.9. The molecule has 3 rings (SSSR count). The van der Waals surface area contributed by atoms with E-state index in [2.05, 4.69) is 15.9 Å². The summed E-state index contributed by atoms with van der Waals surface area (Å²) in [5.74, 6) is -0.639. The summed E-state index contributed by atoms with van der Waals surface area (Å²) in [6, 6.07) is 11.7. The molecule has 1 unspecified atom stereocenters. The zero-order chi connectivity index (χ0) is 20.3. The Bertz CT molecular complexity index is 950. The van der Waals surface area contributed by atoms with E-state index < -0.39 is 16.1 Å². The van der Waals surface area contributed by atoms with Crippen molar-refractivity contribution in [1.82, 2.24) is 9.21 Å². The molecule has 2 aromatic rings. The Balaban J connectivity index is 1.82. The maximum atomic E-state index is 13.4. The van der Waals surface area contributed by atoms with Crippen LogP contribution in [0, 0.1) is 5.82 Å². The Kier molecular flexibility index (Phi) is 6.52. The summed E-state index contributed by atoms with van der Waals surface area (Å²) in [7, 11) is -2.16. The molecule has 1 amide bonds. The highest BCUT2D eigenvalue weighted by Crippen LogP contribution is 2.27. The Hall–Kier alpha value is -1.77. The van der Waals surface area contributed by atoms with Crippen LogP contribution in [0.3, 0.4) is 0 Å². The van der Waals surface area contributed by atoms with Gasteiger partial charge < -0.3 is 4.90 Å². The number of halogens is 2. The van der Waals surface area contributed by atoms with Crippen molar-refractivity contribution in [3.63, 3.8) is 0 Å². The summed E-state index contributed by atoms with van der Waals surface area (Å²) in [5.41, 5.74) is 0.661. The summed E-state index contributed by atoms with van der Waals surface area (Å²) in [5, 5.41) is 0. The van der Waals surface area contributed by atoms with E-state index in [9.17, 15) is 17.6 Å². The first kappa shape index (κ1) is 21.0. The lowest BCUT2D eigenvalue weighted by molar-refractivity contribution is -0.135. The van der Waals surface area contributed by atoms with Crippen LogP contribution in [0.15, 0.2) is 57.9 Å². The van der Waals surface area contributed by atoms with Crippen molar-refractivity contribution >= 4 is 31.9 Å². The molecule has 150 valence electrons. The van der Waals surface area contributed by atoms with E-state index in [0.29, 0.717) is 24.9 Å². The Morgan fingerprint density at radius 3 is 2.61 bits per heavy atom. The van der Waals surface area contributed by atoms with Gasteiger partial charge in [0.1, 0.15) is 11.9 Å². The molecule has 0 aliphatic carbocycles. The fourth-order valence-corrected chi connectivity index (χ4v) is 5.34. The van der Waals surface area contributed by atoms with Crippen LogP contribution in [0.4, 0.5) is 4.39 Å². The minimum atomic E-state index is -3.78. The van der Waals surface area contributed by atoms with Crippen molar-refractivity contribution in [3.05, 3.63) is 64.4 Å². The molecule has 1 atom stereocenters. The van der Waals surface area contributed by atoms with E-state index in [0.717, 1.165) is 10.9 Å². The van der Waals surface area contributed by atoms with Crippen LogP contribution < -0.4 is 0 Å². The minimum Gasteiger partial charge on any atom is -0.340 e. The highest BCUT2D eigenvalue weighted by Gasteiger charge is 2.38. The van der Waals surface area contributed by atoms with Gasteiger partial charge in [-0.3, -0.25) is 4.79 Å². The molecule has 1 heterocycles. The fourth-order valence-electron chi connectivity index (χ4n) is 3.42. The van der Waals surface area contributed by atoms with Gasteiger partial charge >= 0.3 is 0 Å². The van der Waals surface area contributed by atoms with Crippen LogP contribution in [0.5, 0.6) is 0 Å². The third-order valence-corrected chi connectivity index (χ3v) is 7.30. The largest absolute Gasteiger partial charge is 0.340 e. The van der Waals surface area contributed by atoms with E-state index in [1.165, 1.54) is 33.5 Å². The minimum absolute atomic E-state index is 0.170. The molecule has 0 saturated carbocycles. The number of carbonyl (C=O) groups excluding carboxylic acids is 1. The van der Waals surface area contributed by atoms with Gasteiger partial charge in [0.25, 0.3) is 0 Å². The van der Waals surface area contributed by atoms with Gasteiger partial charge in [0.15, 0.2) is 0 Å². The van der Waals surface area contributed by atoms with Crippen molar-refractivity contribution in [1.29, 1.82) is 0 Å². The first-order valence-corrected chi connectivity index (χ1v) is 11.3. The molecule has 8 heteroatoms. The van der Waals surface area contributed by atoms with Gasteiger partial charge in [0, 0.05) is 24.6 Å². The van der Waals surface area contributed by atoms with Gasteiger partial charge in [-0.2, -0.15) is 4.31 Å². The number of rotatable bonds is 5. The monoisotopic (exact) mass is 468 g/mol. The molecule has 0 N–H and O–H groups in total. The Morgan fingerprint density at radius 2 is 1.93 bits per heavy atom. The lowest BCUT2D eigenvalue weighted by Crippen LogP contribution is -2.52. The van der Waals surface area contributed by atoms with Gasteiger partial charge in [-0.05, 0) is 54.8 Å². The molecule has 0 aromatic heterocycles. The van der Waals surface area contributed by atoms with Crippen molar-refractivity contribution in [2.75, 3.05) is 13.6 Å². The lowest BCUT2D eigenvalue weighted by Gasteiger charge is -2.35. The SMILES string of the molecule is CN(Cc1cccc(F)c1)C(=O)C1CCCCN1S(=O)(=O)c1ccc(Br)cc1. The van der Waals surface area contributed by atoms with Gasteiger partial charge in [-0.25, -0.2) is 12.8 Å². The number of piperidine rings is 1. The first-order chi connectivity index (χ1) is 13.3. The van der Waals surface area contributed by atoms with Crippen LogP contribution in [-0.4, -0.2) is 43.2 Å². The highest BCUT2D eigenvalue weighted by atomic mass is 79.9. The van der Waals surface area contributed by atoms with Crippen LogP contribution in [0.2, 0.25) is 0 Å². The molecule has 1 saturated heterocycles. The summed E-state index contributed by atoms with van der Waals surface area (Å²) in [4.78, 5) is 14.7. The maximum Gasteiger partial charge on any atom is 0.243 e. The summed E-state index contributed by atoms with van der Waals surface area (Å²) >= 11 is 3.30. The van der Waals surface area contributed by atoms with Crippen LogP contribution in [0.25, 0.3) is 0 Å². The van der Waals surface area contributed by atoms with Crippen molar-refractivity contribution in [2.45, 2.75) is 36.7 Å². The van der Waals surface area contributed by atoms with Crippen molar-refractivity contribution in [2.24, 2.45) is 0 Å². The van der Waals surface area contributed by atoms with Gasteiger partial charge in [-0.1, -0.05) is 34.5 Å². The Morgan fingerprint density at radius 1 is 1.21 bits per heavy atom. The second kappa shape index (κ2) is 8.71. The standard InChI is InChI=1S/C20H22BrFN2O3S/c1-23(14-15-5-4-6-17(22)13-15)20(25)19-7-2-3-12-24(19)28(26,27)18-10-8-16(21)9-11-18/h4-6,8-11,13,19H,2-3,7,12,14H2,1H3. The first-order valence-electron chi connectivity index (χ1n) is 9.06. The molecule has 0 spiro atoms. The fraction of sp³-hybridized carbons (Fsp3) is 0.350. The molecule has 0 radical (unpaired) electrons. The number of hydrogen-bond donors (Lipinski definition) is 0. The van der Waals surface area contributed by atoms with Crippen LogP contribution in [0.1, 0.15) is 24.8 Å². The third kappa shape index (κ3) is 4.61. The molecule has 5 nitrogen and oxygen atoms in total. The maximum absolute atomic E-state index is 13.4. The lowest BCUT2D eigenvalue weighted by atomic mass is 10.0. The van der Waals surface area contributed by atoms with Crippen LogP contribution in [-0.2, 0) is 21.4 Å². The average Bonchev–Trinajstić information content (AvgIpc) is 2.67. The van der Waals surface area contributed by atoms with Gasteiger partial charge in [0.05, 0.1) is 4.90 Å². The van der Waals surface area contributed by atoms with Gasteiger partial charge in [-0.15, -0.1) is 0 Å². The summed E-state index contributed by atoms with van der Waals surface area (Å²) < 4.78 is 41.8. The van der Waals surface area contributed by atoms with E-state index in [1.807, 2.05) is 0 Å². The molecule has 0 bridgehead atoms.